The van der Waals surface area contributed by atoms with Crippen molar-refractivity contribution < 1.29 is 12.8 Å². The molecule has 4 nitrogen and oxygen atoms in total. The van der Waals surface area contributed by atoms with Crippen molar-refractivity contribution in [1.29, 1.82) is 0 Å². The molecule has 0 saturated heterocycles. The minimum absolute atomic E-state index is 0.447. The van der Waals surface area contributed by atoms with Crippen LogP contribution in [-0.4, -0.2) is 20.4 Å². The Morgan fingerprint density at radius 1 is 1.11 bits per heavy atom. The molecular formula is C12H11FN2O2S. The van der Waals surface area contributed by atoms with Crippen LogP contribution in [0.2, 0.25) is 0 Å². The average Bonchev–Trinajstić information content (AvgIpc) is 2.39. The van der Waals surface area contributed by atoms with E-state index in [1.54, 1.807) is 30.3 Å². The Bertz CT molecular complexity index is 644. The summed E-state index contributed by atoms with van der Waals surface area (Å²) in [6.45, 7) is 0. The predicted molar refractivity (Wildman–Crippen MR) is 66.2 cm³/mol. The number of rotatable bonds is 3. The Labute approximate surface area is 105 Å². The molecule has 0 unspecified atom stereocenters. The molecular weight excluding hydrogens is 255 g/mol. The van der Waals surface area contributed by atoms with Gasteiger partial charge >= 0.3 is 0 Å². The van der Waals surface area contributed by atoms with Gasteiger partial charge in [0, 0.05) is 13.2 Å². The van der Waals surface area contributed by atoms with Crippen molar-refractivity contribution in [3.05, 3.63) is 54.5 Å². The van der Waals surface area contributed by atoms with E-state index in [2.05, 4.69) is 4.98 Å². The van der Waals surface area contributed by atoms with E-state index < -0.39 is 20.9 Å². The lowest BCUT2D eigenvalue weighted by Gasteiger charge is -2.18. The fourth-order valence-electron chi connectivity index (χ4n) is 1.47. The molecule has 0 N–H and O–H groups in total. The molecule has 94 valence electrons. The van der Waals surface area contributed by atoms with Gasteiger partial charge in [0.05, 0.1) is 5.69 Å². The van der Waals surface area contributed by atoms with Crippen LogP contribution in [0.25, 0.3) is 0 Å². The van der Waals surface area contributed by atoms with Gasteiger partial charge in [-0.05, 0) is 24.3 Å². The minimum atomic E-state index is -3.98. The van der Waals surface area contributed by atoms with Crippen LogP contribution in [0.1, 0.15) is 0 Å². The Morgan fingerprint density at radius 2 is 1.78 bits per heavy atom. The highest BCUT2D eigenvalue weighted by Gasteiger charge is 2.25. The molecule has 0 aliphatic heterocycles. The van der Waals surface area contributed by atoms with Crippen molar-refractivity contribution in [2.45, 2.75) is 5.03 Å². The van der Waals surface area contributed by atoms with Crippen molar-refractivity contribution >= 4 is 15.7 Å². The summed E-state index contributed by atoms with van der Waals surface area (Å²) >= 11 is 0. The molecule has 2 aromatic rings. The van der Waals surface area contributed by atoms with Crippen LogP contribution in [0, 0.1) is 5.82 Å². The molecule has 1 aromatic carbocycles. The van der Waals surface area contributed by atoms with Crippen LogP contribution in [-0.2, 0) is 10.0 Å². The van der Waals surface area contributed by atoms with Gasteiger partial charge in [0.15, 0.2) is 5.82 Å². The normalized spacial score (nSPS) is 11.2. The highest BCUT2D eigenvalue weighted by Crippen LogP contribution is 2.21. The predicted octanol–water partition coefficient (Wildman–Crippen LogP) is 2.05. The third-order valence-electron chi connectivity index (χ3n) is 2.45. The van der Waals surface area contributed by atoms with Gasteiger partial charge < -0.3 is 0 Å². The quantitative estimate of drug-likeness (QED) is 0.854. The number of aromatic nitrogens is 1. The molecule has 0 radical (unpaired) electrons. The van der Waals surface area contributed by atoms with E-state index >= 15 is 0 Å². The van der Waals surface area contributed by atoms with Crippen molar-refractivity contribution in [1.82, 2.24) is 4.98 Å². The summed E-state index contributed by atoms with van der Waals surface area (Å²) < 4.78 is 38.8. The Kier molecular flexibility index (Phi) is 3.29. The number of hydrogen-bond acceptors (Lipinski definition) is 3. The first-order valence-electron chi connectivity index (χ1n) is 5.18. The SMILES string of the molecule is CN(c1ccccc1)S(=O)(=O)c1ncccc1F. The number of benzene rings is 1. The van der Waals surface area contributed by atoms with Crippen molar-refractivity contribution in [3.63, 3.8) is 0 Å². The first kappa shape index (κ1) is 12.5. The summed E-state index contributed by atoms with van der Waals surface area (Å²) in [6.07, 6.45) is 1.24. The van der Waals surface area contributed by atoms with Gasteiger partial charge in [-0.15, -0.1) is 0 Å². The summed E-state index contributed by atoms with van der Waals surface area (Å²) in [5.41, 5.74) is 0.447. The number of pyridine rings is 1. The third kappa shape index (κ3) is 2.19. The molecule has 0 spiro atoms. The van der Waals surface area contributed by atoms with Crippen molar-refractivity contribution in [3.8, 4) is 0 Å². The number of para-hydroxylation sites is 1. The Hall–Kier alpha value is -1.95. The third-order valence-corrected chi connectivity index (χ3v) is 4.17. The first-order valence-corrected chi connectivity index (χ1v) is 6.62. The summed E-state index contributed by atoms with van der Waals surface area (Å²) in [4.78, 5) is 3.59. The van der Waals surface area contributed by atoms with E-state index in [9.17, 15) is 12.8 Å². The maximum absolute atomic E-state index is 13.5. The van der Waals surface area contributed by atoms with E-state index in [0.29, 0.717) is 5.69 Å². The fraction of sp³-hybridized carbons (Fsp3) is 0.0833. The zero-order chi connectivity index (χ0) is 13.2. The molecule has 0 aliphatic rings. The van der Waals surface area contributed by atoms with Crippen LogP contribution in [0.15, 0.2) is 53.7 Å². The van der Waals surface area contributed by atoms with E-state index in [1.165, 1.54) is 19.3 Å². The molecule has 6 heteroatoms. The highest BCUT2D eigenvalue weighted by atomic mass is 32.2. The van der Waals surface area contributed by atoms with E-state index in [-0.39, 0.29) is 0 Å². The number of anilines is 1. The topological polar surface area (TPSA) is 50.3 Å². The van der Waals surface area contributed by atoms with Crippen LogP contribution in [0.3, 0.4) is 0 Å². The smallest absolute Gasteiger partial charge is 0.268 e. The molecule has 2 rings (SSSR count). The second kappa shape index (κ2) is 4.73. The van der Waals surface area contributed by atoms with Crippen LogP contribution < -0.4 is 4.31 Å². The second-order valence-corrected chi connectivity index (χ2v) is 5.48. The van der Waals surface area contributed by atoms with E-state index in [0.717, 1.165) is 10.4 Å². The minimum Gasteiger partial charge on any atom is -0.268 e. The largest absolute Gasteiger partial charge is 0.284 e. The summed E-state index contributed by atoms with van der Waals surface area (Å²) in [5.74, 6) is -0.861. The maximum Gasteiger partial charge on any atom is 0.284 e. The first-order chi connectivity index (χ1) is 8.53. The summed E-state index contributed by atoms with van der Waals surface area (Å²) in [6, 6.07) is 10.8. The molecule has 0 bridgehead atoms. The van der Waals surface area contributed by atoms with Gasteiger partial charge in [0.2, 0.25) is 5.03 Å². The lowest BCUT2D eigenvalue weighted by atomic mass is 10.3. The van der Waals surface area contributed by atoms with Gasteiger partial charge in [-0.1, -0.05) is 18.2 Å². The molecule has 0 saturated carbocycles. The number of nitrogens with zero attached hydrogens (tertiary/aromatic N) is 2. The van der Waals surface area contributed by atoms with Gasteiger partial charge in [-0.25, -0.2) is 9.37 Å². The molecule has 18 heavy (non-hydrogen) atoms. The molecule has 1 aromatic heterocycles. The number of sulfonamides is 1. The second-order valence-electron chi connectivity index (χ2n) is 3.60. The molecule has 0 fully saturated rings. The average molecular weight is 266 g/mol. The molecule has 0 aliphatic carbocycles. The lowest BCUT2D eigenvalue weighted by molar-refractivity contribution is 0.552. The highest BCUT2D eigenvalue weighted by molar-refractivity contribution is 7.92. The number of hydrogen-bond donors (Lipinski definition) is 0. The van der Waals surface area contributed by atoms with Gasteiger partial charge in [-0.3, -0.25) is 4.31 Å². The van der Waals surface area contributed by atoms with Gasteiger partial charge in [0.1, 0.15) is 0 Å². The Morgan fingerprint density at radius 3 is 2.39 bits per heavy atom. The van der Waals surface area contributed by atoms with Crippen LogP contribution >= 0.6 is 0 Å². The van der Waals surface area contributed by atoms with Crippen LogP contribution in [0.5, 0.6) is 0 Å². The Balaban J connectivity index is 2.48. The van der Waals surface area contributed by atoms with Crippen molar-refractivity contribution in [2.75, 3.05) is 11.4 Å². The lowest BCUT2D eigenvalue weighted by Crippen LogP contribution is -2.28. The molecule has 0 amide bonds. The van der Waals surface area contributed by atoms with Gasteiger partial charge in [0.25, 0.3) is 10.0 Å². The monoisotopic (exact) mass is 266 g/mol. The summed E-state index contributed by atoms with van der Waals surface area (Å²) in [7, 11) is -2.62. The standard InChI is InChI=1S/C12H11FN2O2S/c1-15(10-6-3-2-4-7-10)18(16,17)12-11(13)8-5-9-14-12/h2-9H,1H3. The van der Waals surface area contributed by atoms with E-state index in [1.807, 2.05) is 0 Å². The van der Waals surface area contributed by atoms with Gasteiger partial charge in [-0.2, -0.15) is 8.42 Å². The maximum atomic E-state index is 13.5. The zero-order valence-electron chi connectivity index (χ0n) is 9.62. The fourth-order valence-corrected chi connectivity index (χ4v) is 2.63. The molecule has 0 atom stereocenters. The zero-order valence-corrected chi connectivity index (χ0v) is 10.4. The molecule has 1 heterocycles. The van der Waals surface area contributed by atoms with Crippen LogP contribution in [0.4, 0.5) is 10.1 Å². The number of halogens is 1. The van der Waals surface area contributed by atoms with Crippen molar-refractivity contribution in [2.24, 2.45) is 0 Å². The summed E-state index contributed by atoms with van der Waals surface area (Å²) in [5, 5.41) is -0.573. The van der Waals surface area contributed by atoms with E-state index in [4.69, 9.17) is 0 Å².